The van der Waals surface area contributed by atoms with Gasteiger partial charge in [-0.1, -0.05) is 40.2 Å². The van der Waals surface area contributed by atoms with Crippen LogP contribution in [0.1, 0.15) is 17.5 Å². The highest BCUT2D eigenvalue weighted by Gasteiger charge is 2.28. The fourth-order valence-electron chi connectivity index (χ4n) is 2.52. The lowest BCUT2D eigenvalue weighted by molar-refractivity contribution is -0.128. The van der Waals surface area contributed by atoms with E-state index in [-0.39, 0.29) is 5.91 Å². The summed E-state index contributed by atoms with van der Waals surface area (Å²) in [5, 5.41) is 0.913. The van der Waals surface area contributed by atoms with E-state index in [1.165, 1.54) is 11.1 Å². The van der Waals surface area contributed by atoms with Gasteiger partial charge in [0.05, 0.1) is 0 Å². The van der Waals surface area contributed by atoms with Crippen molar-refractivity contribution in [1.82, 2.24) is 9.80 Å². The summed E-state index contributed by atoms with van der Waals surface area (Å²) in [6, 6.07) is 8.52. The lowest BCUT2D eigenvalue weighted by Gasteiger charge is -2.17. The molecule has 1 aromatic carbocycles. The Morgan fingerprint density at radius 2 is 2.11 bits per heavy atom. The molecule has 104 valence electrons. The number of nitrogens with zero attached hydrogens (tertiary/aromatic N) is 2. The highest BCUT2D eigenvalue weighted by Crippen LogP contribution is 2.22. The molecule has 2 rings (SSSR count). The number of alkyl halides is 1. The molecule has 1 unspecified atom stereocenters. The Balaban J connectivity index is 2.01. The fraction of sp³-hybridized carbons (Fsp3) is 0.533. The maximum absolute atomic E-state index is 11.9. The highest BCUT2D eigenvalue weighted by molar-refractivity contribution is 9.09. The maximum Gasteiger partial charge on any atom is 0.223 e. The predicted molar refractivity (Wildman–Crippen MR) is 81.2 cm³/mol. The van der Waals surface area contributed by atoms with E-state index in [0.29, 0.717) is 12.3 Å². The van der Waals surface area contributed by atoms with E-state index in [4.69, 9.17) is 0 Å². The van der Waals surface area contributed by atoms with Crippen LogP contribution >= 0.6 is 15.9 Å². The Morgan fingerprint density at radius 3 is 2.74 bits per heavy atom. The molecule has 19 heavy (non-hydrogen) atoms. The van der Waals surface area contributed by atoms with Crippen molar-refractivity contribution in [3.05, 3.63) is 35.4 Å². The van der Waals surface area contributed by atoms with Crippen LogP contribution in [-0.2, 0) is 17.9 Å². The molecule has 0 bridgehead atoms. The van der Waals surface area contributed by atoms with Crippen molar-refractivity contribution < 1.29 is 4.79 Å². The van der Waals surface area contributed by atoms with Gasteiger partial charge in [-0.05, 0) is 31.1 Å². The minimum Gasteiger partial charge on any atom is -0.338 e. The van der Waals surface area contributed by atoms with E-state index in [2.05, 4.69) is 59.2 Å². The summed E-state index contributed by atoms with van der Waals surface area (Å²) in [4.78, 5) is 16.0. The van der Waals surface area contributed by atoms with Gasteiger partial charge in [-0.15, -0.1) is 0 Å². The highest BCUT2D eigenvalue weighted by atomic mass is 79.9. The smallest absolute Gasteiger partial charge is 0.223 e. The quantitative estimate of drug-likeness (QED) is 0.777. The molecule has 3 nitrogen and oxygen atoms in total. The van der Waals surface area contributed by atoms with Gasteiger partial charge in [0.15, 0.2) is 0 Å². The summed E-state index contributed by atoms with van der Waals surface area (Å²) in [7, 11) is 4.13. The standard InChI is InChI=1S/C15H21BrN2O/c1-17(2)9-12-4-3-5-13(6-12)10-18-11-14(8-16)7-15(18)19/h3-6,14H,7-11H2,1-2H3. The molecule has 1 atom stereocenters. The summed E-state index contributed by atoms with van der Waals surface area (Å²) < 4.78 is 0. The second-order valence-electron chi connectivity index (χ2n) is 5.56. The van der Waals surface area contributed by atoms with Gasteiger partial charge in [0.25, 0.3) is 0 Å². The van der Waals surface area contributed by atoms with E-state index in [1.54, 1.807) is 0 Å². The number of likely N-dealkylation sites (tertiary alicyclic amines) is 1. The van der Waals surface area contributed by atoms with Gasteiger partial charge in [-0.2, -0.15) is 0 Å². The molecule has 0 spiro atoms. The Morgan fingerprint density at radius 1 is 1.37 bits per heavy atom. The maximum atomic E-state index is 11.9. The molecule has 1 heterocycles. The number of hydrogen-bond donors (Lipinski definition) is 0. The first-order chi connectivity index (χ1) is 9.08. The molecule has 0 radical (unpaired) electrons. The van der Waals surface area contributed by atoms with Gasteiger partial charge < -0.3 is 9.80 Å². The molecule has 4 heteroatoms. The zero-order valence-corrected chi connectivity index (χ0v) is 13.2. The van der Waals surface area contributed by atoms with E-state index in [0.717, 1.165) is 25.0 Å². The van der Waals surface area contributed by atoms with Crippen LogP contribution < -0.4 is 0 Å². The Hall–Kier alpha value is -0.870. The fourth-order valence-corrected chi connectivity index (χ4v) is 2.96. The van der Waals surface area contributed by atoms with Crippen LogP contribution in [-0.4, -0.2) is 41.7 Å². The third-order valence-electron chi connectivity index (χ3n) is 3.38. The number of halogens is 1. The Kier molecular flexibility index (Phi) is 4.99. The molecule has 1 aliphatic heterocycles. The van der Waals surface area contributed by atoms with Crippen LogP contribution in [0.5, 0.6) is 0 Å². The first kappa shape index (κ1) is 14.5. The SMILES string of the molecule is CN(C)Cc1cccc(CN2CC(CBr)CC2=O)c1. The van der Waals surface area contributed by atoms with Gasteiger partial charge in [0, 0.05) is 31.4 Å². The van der Waals surface area contributed by atoms with Gasteiger partial charge in [-0.3, -0.25) is 4.79 Å². The first-order valence-corrected chi connectivity index (χ1v) is 7.77. The van der Waals surface area contributed by atoms with Gasteiger partial charge >= 0.3 is 0 Å². The van der Waals surface area contributed by atoms with E-state index >= 15 is 0 Å². The van der Waals surface area contributed by atoms with Crippen molar-refractivity contribution in [2.24, 2.45) is 5.92 Å². The Labute approximate surface area is 123 Å². The van der Waals surface area contributed by atoms with E-state index in [1.807, 2.05) is 4.90 Å². The molecule has 1 aromatic rings. The molecule has 0 saturated carbocycles. The van der Waals surface area contributed by atoms with Crippen LogP contribution in [0.2, 0.25) is 0 Å². The zero-order chi connectivity index (χ0) is 13.8. The van der Waals surface area contributed by atoms with Crippen LogP contribution in [0.3, 0.4) is 0 Å². The topological polar surface area (TPSA) is 23.6 Å². The third-order valence-corrected chi connectivity index (χ3v) is 4.29. The summed E-state index contributed by atoms with van der Waals surface area (Å²) in [6.45, 7) is 2.55. The second-order valence-corrected chi connectivity index (χ2v) is 6.20. The van der Waals surface area contributed by atoms with Crippen molar-refractivity contribution in [3.63, 3.8) is 0 Å². The molecular formula is C15H21BrN2O. The molecule has 1 aliphatic rings. The predicted octanol–water partition coefficient (Wildman–Crippen LogP) is 2.49. The minimum atomic E-state index is 0.280. The van der Waals surface area contributed by atoms with Gasteiger partial charge in [0.1, 0.15) is 0 Å². The molecule has 0 aliphatic carbocycles. The normalized spacial score (nSPS) is 19.5. The molecule has 1 saturated heterocycles. The van der Waals surface area contributed by atoms with Gasteiger partial charge in [0.2, 0.25) is 5.91 Å². The molecule has 1 fully saturated rings. The number of benzene rings is 1. The lowest BCUT2D eigenvalue weighted by atomic mass is 10.1. The minimum absolute atomic E-state index is 0.280. The van der Waals surface area contributed by atoms with Crippen molar-refractivity contribution in [2.75, 3.05) is 26.0 Å². The largest absolute Gasteiger partial charge is 0.338 e. The lowest BCUT2D eigenvalue weighted by Crippen LogP contribution is -2.24. The molecule has 0 N–H and O–H groups in total. The third kappa shape index (κ3) is 4.05. The van der Waals surface area contributed by atoms with Crippen molar-refractivity contribution in [2.45, 2.75) is 19.5 Å². The zero-order valence-electron chi connectivity index (χ0n) is 11.6. The molecule has 1 amide bonds. The molecule has 0 aromatic heterocycles. The molecular weight excluding hydrogens is 304 g/mol. The van der Waals surface area contributed by atoms with Crippen molar-refractivity contribution in [3.8, 4) is 0 Å². The van der Waals surface area contributed by atoms with Crippen LogP contribution in [0.4, 0.5) is 0 Å². The summed E-state index contributed by atoms with van der Waals surface area (Å²) in [6.07, 6.45) is 0.683. The summed E-state index contributed by atoms with van der Waals surface area (Å²) in [5.74, 6) is 0.750. The van der Waals surface area contributed by atoms with Crippen LogP contribution in [0.15, 0.2) is 24.3 Å². The second kappa shape index (κ2) is 6.53. The number of carbonyl (C=O) groups is 1. The average Bonchev–Trinajstić information content (AvgIpc) is 2.70. The van der Waals surface area contributed by atoms with E-state index in [9.17, 15) is 4.79 Å². The average molecular weight is 325 g/mol. The first-order valence-electron chi connectivity index (χ1n) is 6.64. The number of carbonyl (C=O) groups excluding carboxylic acids is 1. The van der Waals surface area contributed by atoms with Crippen molar-refractivity contribution in [1.29, 1.82) is 0 Å². The van der Waals surface area contributed by atoms with E-state index < -0.39 is 0 Å². The van der Waals surface area contributed by atoms with Gasteiger partial charge in [-0.25, -0.2) is 0 Å². The summed E-state index contributed by atoms with van der Waals surface area (Å²) >= 11 is 3.47. The number of amides is 1. The Bertz CT molecular complexity index is 448. The van der Waals surface area contributed by atoms with Crippen LogP contribution in [0, 0.1) is 5.92 Å². The number of rotatable bonds is 5. The monoisotopic (exact) mass is 324 g/mol. The summed E-state index contributed by atoms with van der Waals surface area (Å²) in [5.41, 5.74) is 2.52. The number of hydrogen-bond acceptors (Lipinski definition) is 2. The van der Waals surface area contributed by atoms with Crippen molar-refractivity contribution >= 4 is 21.8 Å². The van der Waals surface area contributed by atoms with Crippen LogP contribution in [0.25, 0.3) is 0 Å².